The molecule has 7 nitrogen and oxygen atoms in total. The third kappa shape index (κ3) is 3.54. The Bertz CT molecular complexity index is 952. The van der Waals surface area contributed by atoms with E-state index in [4.69, 9.17) is 0 Å². The molecule has 3 heterocycles. The predicted molar refractivity (Wildman–Crippen MR) is 108 cm³/mol. The minimum absolute atomic E-state index is 0.525. The van der Waals surface area contributed by atoms with Crippen LogP contribution in [-0.2, 0) is 13.6 Å². The summed E-state index contributed by atoms with van der Waals surface area (Å²) in [4.78, 5) is 11.5. The predicted octanol–water partition coefficient (Wildman–Crippen LogP) is 2.14. The lowest BCUT2D eigenvalue weighted by Crippen LogP contribution is -2.41. The fourth-order valence-corrected chi connectivity index (χ4v) is 3.97. The molecule has 1 aliphatic rings. The van der Waals surface area contributed by atoms with Crippen LogP contribution in [0.4, 0.5) is 0 Å². The Morgan fingerprint density at radius 3 is 2.96 bits per heavy atom. The molecule has 1 unspecified atom stereocenters. The smallest absolute Gasteiger partial charge is 0.193 e. The lowest BCUT2D eigenvalue weighted by atomic mass is 10.0. The molecule has 1 aliphatic heterocycles. The van der Waals surface area contributed by atoms with E-state index in [0.29, 0.717) is 5.92 Å². The Morgan fingerprint density at radius 1 is 1.33 bits per heavy atom. The average molecular weight is 365 g/mol. The molecule has 1 saturated heterocycles. The summed E-state index contributed by atoms with van der Waals surface area (Å²) in [5, 5.41) is 7.83. The fraction of sp³-hybridized carbons (Fsp3) is 0.450. The van der Waals surface area contributed by atoms with Crippen molar-refractivity contribution in [3.63, 3.8) is 0 Å². The molecule has 1 fully saturated rings. The molecule has 0 bridgehead atoms. The standard InChI is InChI=1S/C20H27N7/c1-15-24-18-6-4-5-7-19(18)27(15)11-9-22-20(21-2)26-10-8-16(14-26)17-12-23-25(3)13-17/h4-7,12-13,16H,8-11,14H2,1-3H3,(H,21,22). The zero-order valence-electron chi connectivity index (χ0n) is 16.3. The number of rotatable bonds is 4. The lowest BCUT2D eigenvalue weighted by molar-refractivity contribution is 0.482. The number of aliphatic imine (C=N–C) groups is 1. The van der Waals surface area contributed by atoms with Crippen LogP contribution in [0.5, 0.6) is 0 Å². The van der Waals surface area contributed by atoms with Gasteiger partial charge in [-0.05, 0) is 31.0 Å². The van der Waals surface area contributed by atoms with Crippen LogP contribution in [0.2, 0.25) is 0 Å². The summed E-state index contributed by atoms with van der Waals surface area (Å²) in [5.74, 6) is 2.55. The second kappa shape index (κ2) is 7.42. The molecule has 142 valence electrons. The first-order valence-corrected chi connectivity index (χ1v) is 9.51. The lowest BCUT2D eigenvalue weighted by Gasteiger charge is -2.22. The highest BCUT2D eigenvalue weighted by Crippen LogP contribution is 2.26. The van der Waals surface area contributed by atoms with Crippen molar-refractivity contribution in [1.82, 2.24) is 29.5 Å². The molecule has 2 aromatic heterocycles. The van der Waals surface area contributed by atoms with Crippen molar-refractivity contribution in [2.45, 2.75) is 25.8 Å². The minimum Gasteiger partial charge on any atom is -0.354 e. The number of fused-ring (bicyclic) bond motifs is 1. The van der Waals surface area contributed by atoms with Gasteiger partial charge >= 0.3 is 0 Å². The van der Waals surface area contributed by atoms with Crippen LogP contribution in [0.25, 0.3) is 11.0 Å². The number of hydrogen-bond donors (Lipinski definition) is 1. The molecule has 4 rings (SSSR count). The Kier molecular flexibility index (Phi) is 4.83. The summed E-state index contributed by atoms with van der Waals surface area (Å²) in [6, 6.07) is 8.29. The SMILES string of the molecule is CN=C(NCCn1c(C)nc2ccccc21)N1CCC(c2cnn(C)c2)C1. The van der Waals surface area contributed by atoms with Gasteiger partial charge in [0, 0.05) is 52.4 Å². The first kappa shape index (κ1) is 17.6. The Morgan fingerprint density at radius 2 is 2.19 bits per heavy atom. The van der Waals surface area contributed by atoms with Gasteiger partial charge in [0.05, 0.1) is 17.2 Å². The van der Waals surface area contributed by atoms with Crippen LogP contribution < -0.4 is 5.32 Å². The largest absolute Gasteiger partial charge is 0.354 e. The number of nitrogens with one attached hydrogen (secondary N) is 1. The molecule has 0 aliphatic carbocycles. The van der Waals surface area contributed by atoms with Gasteiger partial charge in [-0.2, -0.15) is 5.10 Å². The van der Waals surface area contributed by atoms with Crippen LogP contribution in [-0.4, -0.2) is 56.9 Å². The highest BCUT2D eigenvalue weighted by atomic mass is 15.3. The van der Waals surface area contributed by atoms with E-state index in [1.807, 2.05) is 31.0 Å². The third-order valence-corrected chi connectivity index (χ3v) is 5.36. The van der Waals surface area contributed by atoms with Gasteiger partial charge in [0.25, 0.3) is 0 Å². The van der Waals surface area contributed by atoms with Gasteiger partial charge in [0.1, 0.15) is 5.82 Å². The molecule has 3 aromatic rings. The van der Waals surface area contributed by atoms with Crippen molar-refractivity contribution in [3.8, 4) is 0 Å². The molecule has 27 heavy (non-hydrogen) atoms. The van der Waals surface area contributed by atoms with Crippen LogP contribution in [0, 0.1) is 6.92 Å². The molecule has 7 heteroatoms. The first-order chi connectivity index (χ1) is 13.2. The second-order valence-electron chi connectivity index (χ2n) is 7.15. The van der Waals surface area contributed by atoms with Gasteiger partial charge in [0.15, 0.2) is 5.96 Å². The summed E-state index contributed by atoms with van der Waals surface area (Å²) in [6.07, 6.45) is 5.24. The van der Waals surface area contributed by atoms with E-state index < -0.39 is 0 Å². The molecular weight excluding hydrogens is 338 g/mol. The second-order valence-corrected chi connectivity index (χ2v) is 7.15. The van der Waals surface area contributed by atoms with Crippen LogP contribution >= 0.6 is 0 Å². The molecule has 1 aromatic carbocycles. The van der Waals surface area contributed by atoms with Crippen molar-refractivity contribution < 1.29 is 0 Å². The number of aryl methyl sites for hydroxylation is 2. The maximum absolute atomic E-state index is 4.64. The van der Waals surface area contributed by atoms with E-state index in [9.17, 15) is 0 Å². The number of guanidine groups is 1. The van der Waals surface area contributed by atoms with Crippen molar-refractivity contribution in [2.75, 3.05) is 26.7 Å². The van der Waals surface area contributed by atoms with Gasteiger partial charge in [-0.1, -0.05) is 12.1 Å². The van der Waals surface area contributed by atoms with E-state index in [1.54, 1.807) is 0 Å². The van der Waals surface area contributed by atoms with Gasteiger partial charge in [0.2, 0.25) is 0 Å². The Labute approximate surface area is 159 Å². The number of aromatic nitrogens is 4. The summed E-state index contributed by atoms with van der Waals surface area (Å²) < 4.78 is 4.14. The van der Waals surface area contributed by atoms with E-state index >= 15 is 0 Å². The monoisotopic (exact) mass is 365 g/mol. The normalized spacial score (nSPS) is 17.8. The number of nitrogens with zero attached hydrogens (tertiary/aromatic N) is 6. The highest BCUT2D eigenvalue weighted by Gasteiger charge is 2.26. The maximum atomic E-state index is 4.64. The Hall–Kier alpha value is -2.83. The fourth-order valence-electron chi connectivity index (χ4n) is 3.97. The van der Waals surface area contributed by atoms with Gasteiger partial charge in [-0.3, -0.25) is 9.67 Å². The molecule has 0 amide bonds. The first-order valence-electron chi connectivity index (χ1n) is 9.51. The van der Waals surface area contributed by atoms with E-state index in [0.717, 1.165) is 49.9 Å². The zero-order chi connectivity index (χ0) is 18.8. The number of hydrogen-bond acceptors (Lipinski definition) is 3. The molecule has 1 N–H and O–H groups in total. The van der Waals surface area contributed by atoms with E-state index in [-0.39, 0.29) is 0 Å². The summed E-state index contributed by atoms with van der Waals surface area (Å²) >= 11 is 0. The van der Waals surface area contributed by atoms with Crippen molar-refractivity contribution in [3.05, 3.63) is 48.0 Å². The third-order valence-electron chi connectivity index (χ3n) is 5.36. The van der Waals surface area contributed by atoms with Crippen LogP contribution in [0.3, 0.4) is 0 Å². The molecule has 0 spiro atoms. The molecule has 0 radical (unpaired) electrons. The Balaban J connectivity index is 1.36. The number of likely N-dealkylation sites (tertiary alicyclic amines) is 1. The summed E-state index contributed by atoms with van der Waals surface area (Å²) in [5.41, 5.74) is 3.55. The van der Waals surface area contributed by atoms with Crippen molar-refractivity contribution in [2.24, 2.45) is 12.0 Å². The van der Waals surface area contributed by atoms with E-state index in [2.05, 4.69) is 61.2 Å². The van der Waals surface area contributed by atoms with Crippen molar-refractivity contribution in [1.29, 1.82) is 0 Å². The summed E-state index contributed by atoms with van der Waals surface area (Å²) in [7, 11) is 3.83. The zero-order valence-corrected chi connectivity index (χ0v) is 16.3. The average Bonchev–Trinajstić information content (AvgIpc) is 3.38. The molecule has 1 atom stereocenters. The van der Waals surface area contributed by atoms with Gasteiger partial charge < -0.3 is 14.8 Å². The highest BCUT2D eigenvalue weighted by molar-refractivity contribution is 5.80. The molecule has 0 saturated carbocycles. The topological polar surface area (TPSA) is 63.3 Å². The summed E-state index contributed by atoms with van der Waals surface area (Å²) in [6.45, 7) is 5.76. The van der Waals surface area contributed by atoms with Gasteiger partial charge in [-0.25, -0.2) is 4.98 Å². The van der Waals surface area contributed by atoms with Gasteiger partial charge in [-0.15, -0.1) is 0 Å². The van der Waals surface area contributed by atoms with Crippen molar-refractivity contribution >= 4 is 17.0 Å². The number of para-hydroxylation sites is 2. The van der Waals surface area contributed by atoms with Crippen LogP contribution in [0.15, 0.2) is 41.7 Å². The number of benzene rings is 1. The van der Waals surface area contributed by atoms with E-state index in [1.165, 1.54) is 11.1 Å². The minimum atomic E-state index is 0.525. The maximum Gasteiger partial charge on any atom is 0.193 e. The number of imidazole rings is 1. The van der Waals surface area contributed by atoms with Crippen LogP contribution in [0.1, 0.15) is 23.7 Å². The molecular formula is C20H27N7. The quantitative estimate of drug-likeness (QED) is 0.568.